The molecule has 3 aromatic carbocycles. The average Bonchev–Trinajstić information content (AvgIpc) is 2.84. The quantitative estimate of drug-likeness (QED) is 0.287. The van der Waals surface area contributed by atoms with Crippen LogP contribution in [-0.2, 0) is 6.42 Å². The number of aromatic hydroxyl groups is 3. The molecule has 1 unspecified atom stereocenters. The third kappa shape index (κ3) is 8.46. The molecule has 3 nitrogen and oxygen atoms in total. The van der Waals surface area contributed by atoms with E-state index in [9.17, 15) is 15.3 Å². The summed E-state index contributed by atoms with van der Waals surface area (Å²) in [5, 5.41) is 31.2. The van der Waals surface area contributed by atoms with Crippen LogP contribution in [0.4, 0.5) is 0 Å². The highest BCUT2D eigenvalue weighted by Crippen LogP contribution is 2.35. The van der Waals surface area contributed by atoms with Gasteiger partial charge in [-0.2, -0.15) is 0 Å². The number of phenolic OH excluding ortho intramolecular Hbond substituents is 3. The van der Waals surface area contributed by atoms with Gasteiger partial charge in [0.2, 0.25) is 0 Å². The first-order valence-electron chi connectivity index (χ1n) is 13.0. The Labute approximate surface area is 244 Å². The van der Waals surface area contributed by atoms with Crippen molar-refractivity contribution >= 4 is 34.8 Å². The molecule has 3 rings (SSSR count). The molecule has 0 fully saturated rings. The lowest BCUT2D eigenvalue weighted by Crippen LogP contribution is -1.95. The van der Waals surface area contributed by atoms with Crippen LogP contribution >= 0.6 is 34.8 Å². The van der Waals surface area contributed by atoms with Crippen LogP contribution in [0.15, 0.2) is 24.3 Å². The fraction of sp³-hybridized carbons (Fsp3) is 0.438. The molecule has 3 N–H and O–H groups in total. The summed E-state index contributed by atoms with van der Waals surface area (Å²) in [6, 6.07) is 7.03. The summed E-state index contributed by atoms with van der Waals surface area (Å²) >= 11 is 18.1. The third-order valence-corrected chi connectivity index (χ3v) is 8.45. The highest BCUT2D eigenvalue weighted by atomic mass is 35.5. The minimum absolute atomic E-state index is 0.304. The van der Waals surface area contributed by atoms with E-state index in [0.717, 1.165) is 72.4 Å². The van der Waals surface area contributed by atoms with Gasteiger partial charge in [0, 0.05) is 20.6 Å². The molecule has 0 aliphatic rings. The van der Waals surface area contributed by atoms with Gasteiger partial charge >= 0.3 is 0 Å². The first-order valence-corrected chi connectivity index (χ1v) is 14.2. The summed E-state index contributed by atoms with van der Waals surface area (Å²) in [6.07, 6.45) is 1.82. The largest absolute Gasteiger partial charge is 0.508 e. The van der Waals surface area contributed by atoms with Gasteiger partial charge in [-0.1, -0.05) is 69.4 Å². The molecule has 0 heterocycles. The zero-order valence-corrected chi connectivity index (χ0v) is 26.6. The molecule has 0 bridgehead atoms. The molecule has 0 amide bonds. The maximum absolute atomic E-state index is 9.71. The summed E-state index contributed by atoms with van der Waals surface area (Å²) < 4.78 is 0. The summed E-state index contributed by atoms with van der Waals surface area (Å²) in [5.41, 5.74) is 7.63. The highest BCUT2D eigenvalue weighted by molar-refractivity contribution is 6.32. The van der Waals surface area contributed by atoms with Crippen molar-refractivity contribution in [3.8, 4) is 17.2 Å². The van der Waals surface area contributed by atoms with Crippen molar-refractivity contribution in [2.75, 3.05) is 0 Å². The van der Waals surface area contributed by atoms with Crippen LogP contribution < -0.4 is 0 Å². The lowest BCUT2D eigenvalue weighted by atomic mass is 9.95. The molecule has 0 aromatic heterocycles. The van der Waals surface area contributed by atoms with Crippen molar-refractivity contribution < 1.29 is 15.3 Å². The Morgan fingerprint density at radius 1 is 0.658 bits per heavy atom. The number of halogens is 3. The fourth-order valence-electron chi connectivity index (χ4n) is 4.40. The van der Waals surface area contributed by atoms with Crippen molar-refractivity contribution in [1.82, 2.24) is 0 Å². The molecule has 0 spiro atoms. The van der Waals surface area contributed by atoms with Crippen molar-refractivity contribution in [3.05, 3.63) is 83.8 Å². The first-order chi connectivity index (χ1) is 17.6. The Morgan fingerprint density at radius 3 is 1.61 bits per heavy atom. The number of phenols is 3. The van der Waals surface area contributed by atoms with E-state index in [-0.39, 0.29) is 0 Å². The number of hydrogen-bond acceptors (Lipinski definition) is 3. The summed E-state index contributed by atoms with van der Waals surface area (Å²) in [6.45, 7) is 19.9. The molecule has 3 aromatic rings. The van der Waals surface area contributed by atoms with Gasteiger partial charge in [-0.25, -0.2) is 0 Å². The third-order valence-electron chi connectivity index (χ3n) is 6.88. The number of benzene rings is 3. The van der Waals surface area contributed by atoms with Crippen LogP contribution in [0.1, 0.15) is 97.4 Å². The van der Waals surface area contributed by atoms with Gasteiger partial charge in [0.1, 0.15) is 17.2 Å². The van der Waals surface area contributed by atoms with Crippen molar-refractivity contribution in [1.29, 1.82) is 0 Å². The highest BCUT2D eigenvalue weighted by Gasteiger charge is 2.14. The second kappa shape index (κ2) is 14.9. The number of aryl methyl sites for hydroxylation is 3. The topological polar surface area (TPSA) is 60.7 Å². The van der Waals surface area contributed by atoms with Crippen LogP contribution in [0.2, 0.25) is 15.1 Å². The molecule has 210 valence electrons. The summed E-state index contributed by atoms with van der Waals surface area (Å²) in [4.78, 5) is 0. The smallest absolute Gasteiger partial charge is 0.119 e. The van der Waals surface area contributed by atoms with Gasteiger partial charge in [0.05, 0.1) is 0 Å². The van der Waals surface area contributed by atoms with Crippen molar-refractivity contribution in [3.63, 3.8) is 0 Å². The Balaban J connectivity index is 0.000000285. The minimum Gasteiger partial charge on any atom is -0.508 e. The van der Waals surface area contributed by atoms with E-state index < -0.39 is 0 Å². The second-order valence-electron chi connectivity index (χ2n) is 10.2. The van der Waals surface area contributed by atoms with Gasteiger partial charge in [-0.05, 0) is 123 Å². The van der Waals surface area contributed by atoms with Gasteiger partial charge in [-0.3, -0.25) is 0 Å². The van der Waals surface area contributed by atoms with Crippen LogP contribution in [0.3, 0.4) is 0 Å². The average molecular weight is 582 g/mol. The minimum atomic E-state index is 0.304. The van der Waals surface area contributed by atoms with E-state index in [1.54, 1.807) is 18.2 Å². The van der Waals surface area contributed by atoms with Crippen LogP contribution in [-0.4, -0.2) is 15.3 Å². The monoisotopic (exact) mass is 580 g/mol. The first kappa shape index (κ1) is 34.0. The lowest BCUT2D eigenvalue weighted by molar-refractivity contribution is 0.461. The van der Waals surface area contributed by atoms with E-state index >= 15 is 0 Å². The lowest BCUT2D eigenvalue weighted by Gasteiger charge is -2.14. The Kier molecular flexibility index (Phi) is 13.3. The predicted molar refractivity (Wildman–Crippen MR) is 165 cm³/mol. The molecule has 6 heteroatoms. The molecule has 1 atom stereocenters. The van der Waals surface area contributed by atoms with Gasteiger partial charge < -0.3 is 15.3 Å². The van der Waals surface area contributed by atoms with Gasteiger partial charge in [0.15, 0.2) is 0 Å². The maximum atomic E-state index is 9.71. The zero-order chi connectivity index (χ0) is 29.5. The molecule has 38 heavy (non-hydrogen) atoms. The molecular weight excluding hydrogens is 539 g/mol. The van der Waals surface area contributed by atoms with E-state index in [0.29, 0.717) is 29.1 Å². The second-order valence-corrected chi connectivity index (χ2v) is 11.3. The molecular formula is C32H43Cl3O3. The van der Waals surface area contributed by atoms with E-state index in [1.807, 2.05) is 61.5 Å². The number of rotatable bonds is 4. The molecule has 0 aliphatic heterocycles. The predicted octanol–water partition coefficient (Wildman–Crippen LogP) is 10.9. The Hall–Kier alpha value is -2.07. The van der Waals surface area contributed by atoms with Gasteiger partial charge in [0.25, 0.3) is 0 Å². The Bertz CT molecular complexity index is 1250. The SMILES string of the molecule is CCC(C)c1cc(Cl)c(C)cc1O.CCc1c(O)cc(C)c(Cl)c1C.Cc1cc(O)c(C(C)C)c(C)c1Cl. The van der Waals surface area contributed by atoms with Crippen LogP contribution in [0, 0.1) is 34.6 Å². The van der Waals surface area contributed by atoms with Crippen LogP contribution in [0.25, 0.3) is 0 Å². The Morgan fingerprint density at radius 2 is 1.13 bits per heavy atom. The maximum Gasteiger partial charge on any atom is 0.119 e. The van der Waals surface area contributed by atoms with E-state index in [1.165, 1.54) is 0 Å². The molecule has 0 radical (unpaired) electrons. The van der Waals surface area contributed by atoms with E-state index in [4.69, 9.17) is 34.8 Å². The fourth-order valence-corrected chi connectivity index (χ4v) is 4.90. The molecule has 0 saturated heterocycles. The van der Waals surface area contributed by atoms with E-state index in [2.05, 4.69) is 13.8 Å². The number of hydrogen-bond donors (Lipinski definition) is 3. The summed E-state index contributed by atoms with van der Waals surface area (Å²) in [7, 11) is 0. The van der Waals surface area contributed by atoms with Crippen molar-refractivity contribution in [2.24, 2.45) is 0 Å². The van der Waals surface area contributed by atoms with Crippen molar-refractivity contribution in [2.45, 2.75) is 93.9 Å². The molecule has 0 saturated carbocycles. The van der Waals surface area contributed by atoms with Crippen LogP contribution in [0.5, 0.6) is 17.2 Å². The van der Waals surface area contributed by atoms with Gasteiger partial charge in [-0.15, -0.1) is 0 Å². The zero-order valence-electron chi connectivity index (χ0n) is 24.4. The molecule has 0 aliphatic carbocycles. The summed E-state index contributed by atoms with van der Waals surface area (Å²) in [5.74, 6) is 1.73. The normalized spacial score (nSPS) is 11.4. The standard InChI is InChI=1S/2C11H15ClO.C10H13ClO/c1-6(2)10-8(4)11(12)7(3)5-9(10)13;1-4-7(2)9-6-10(12)8(3)5-11(9)13;1-4-8-7(3)10(11)6(2)5-9(8)12/h5-6,13H,1-4H3;5-7,13H,4H2,1-3H3;5,12H,4H2,1-3H3.